The Morgan fingerprint density at radius 3 is 2.10 bits per heavy atom. The molecule has 0 aliphatic carbocycles. The first-order valence-electron chi connectivity index (χ1n) is 7.69. The Hall–Kier alpha value is -1.64. The molecule has 0 radical (unpaired) electrons. The van der Waals surface area contributed by atoms with Crippen LogP contribution in [0.15, 0.2) is 60.7 Å². The van der Waals surface area contributed by atoms with Crippen LogP contribution >= 0.6 is 0 Å². The van der Waals surface area contributed by atoms with E-state index in [1.165, 1.54) is 11.1 Å². The van der Waals surface area contributed by atoms with Crippen molar-refractivity contribution in [3.63, 3.8) is 0 Å². The molecule has 2 nitrogen and oxygen atoms in total. The van der Waals surface area contributed by atoms with Gasteiger partial charge < -0.3 is 10.8 Å². The van der Waals surface area contributed by atoms with E-state index in [1.807, 2.05) is 12.1 Å². The summed E-state index contributed by atoms with van der Waals surface area (Å²) in [6, 6.07) is 20.8. The Balaban J connectivity index is 2.45. The van der Waals surface area contributed by atoms with Crippen molar-refractivity contribution in [2.24, 2.45) is 5.73 Å². The molecule has 2 aromatic carbocycles. The lowest BCUT2D eigenvalue weighted by atomic mass is 9.67. The first kappa shape index (κ1) is 15.7. The number of rotatable bonds is 7. The van der Waals surface area contributed by atoms with Crippen LogP contribution in [0, 0.1) is 0 Å². The van der Waals surface area contributed by atoms with Gasteiger partial charge in [-0.25, -0.2) is 0 Å². The molecule has 0 amide bonds. The van der Waals surface area contributed by atoms with Crippen molar-refractivity contribution in [1.82, 2.24) is 0 Å². The molecule has 0 spiro atoms. The number of benzene rings is 2. The Morgan fingerprint density at radius 2 is 1.57 bits per heavy atom. The van der Waals surface area contributed by atoms with Gasteiger partial charge in [-0.15, -0.1) is 0 Å². The monoisotopic (exact) mass is 283 g/mol. The minimum Gasteiger partial charge on any atom is -0.396 e. The summed E-state index contributed by atoms with van der Waals surface area (Å²) in [5, 5.41) is 9.63. The molecule has 0 saturated heterocycles. The average Bonchev–Trinajstić information content (AvgIpc) is 2.55. The summed E-state index contributed by atoms with van der Waals surface area (Å²) in [4.78, 5) is 0. The van der Waals surface area contributed by atoms with Crippen molar-refractivity contribution in [3.8, 4) is 0 Å². The molecular weight excluding hydrogens is 258 g/mol. The van der Waals surface area contributed by atoms with Gasteiger partial charge in [-0.1, -0.05) is 67.6 Å². The molecule has 2 rings (SSSR count). The van der Waals surface area contributed by atoms with E-state index in [2.05, 4.69) is 55.5 Å². The van der Waals surface area contributed by atoms with Crippen LogP contribution in [0.4, 0.5) is 0 Å². The lowest BCUT2D eigenvalue weighted by Gasteiger charge is -2.39. The van der Waals surface area contributed by atoms with Gasteiger partial charge in [-0.05, 0) is 30.4 Å². The molecule has 112 valence electrons. The molecular formula is C19H25NO. The third-order valence-electron chi connectivity index (χ3n) is 4.42. The largest absolute Gasteiger partial charge is 0.396 e. The summed E-state index contributed by atoms with van der Waals surface area (Å²) in [5.74, 6) is 0. The molecule has 2 unspecified atom stereocenters. The molecule has 2 heteroatoms. The van der Waals surface area contributed by atoms with Gasteiger partial charge in [0, 0.05) is 18.1 Å². The first-order valence-corrected chi connectivity index (χ1v) is 7.69. The van der Waals surface area contributed by atoms with E-state index in [1.54, 1.807) is 0 Å². The van der Waals surface area contributed by atoms with E-state index in [0.717, 1.165) is 12.8 Å². The van der Waals surface area contributed by atoms with Crippen molar-refractivity contribution in [2.45, 2.75) is 37.6 Å². The summed E-state index contributed by atoms with van der Waals surface area (Å²) in [5.41, 5.74) is 8.77. The Morgan fingerprint density at radius 1 is 1.00 bits per heavy atom. The van der Waals surface area contributed by atoms with Crippen LogP contribution < -0.4 is 5.73 Å². The van der Waals surface area contributed by atoms with E-state index in [-0.39, 0.29) is 18.1 Å². The summed E-state index contributed by atoms with van der Waals surface area (Å²) < 4.78 is 0. The van der Waals surface area contributed by atoms with Crippen molar-refractivity contribution in [2.75, 3.05) is 6.61 Å². The number of hydrogen-bond acceptors (Lipinski definition) is 2. The standard InChI is InChI=1S/C19H25NO/c1-2-18(20)19(13-14-21,17-11-7-4-8-12-17)15-16-9-5-3-6-10-16/h3-12,18,21H,2,13-15,20H2,1H3. The molecule has 0 bridgehead atoms. The third kappa shape index (κ3) is 3.52. The normalized spacial score (nSPS) is 15.4. The smallest absolute Gasteiger partial charge is 0.0440 e. The molecule has 0 saturated carbocycles. The zero-order valence-corrected chi connectivity index (χ0v) is 12.7. The molecule has 0 aromatic heterocycles. The quantitative estimate of drug-likeness (QED) is 0.819. The second kappa shape index (κ2) is 7.39. The number of nitrogens with two attached hydrogens (primary N) is 1. The average molecular weight is 283 g/mol. The lowest BCUT2D eigenvalue weighted by molar-refractivity contribution is 0.210. The predicted molar refractivity (Wildman–Crippen MR) is 88.2 cm³/mol. The number of aliphatic hydroxyl groups is 1. The van der Waals surface area contributed by atoms with Crippen LogP contribution in [0.5, 0.6) is 0 Å². The van der Waals surface area contributed by atoms with Crippen LogP contribution in [0.2, 0.25) is 0 Å². The van der Waals surface area contributed by atoms with Gasteiger partial charge in [0.05, 0.1) is 0 Å². The zero-order valence-electron chi connectivity index (χ0n) is 12.7. The maximum atomic E-state index is 9.63. The highest BCUT2D eigenvalue weighted by molar-refractivity contribution is 5.32. The van der Waals surface area contributed by atoms with E-state index in [0.29, 0.717) is 6.42 Å². The van der Waals surface area contributed by atoms with Gasteiger partial charge in [0.25, 0.3) is 0 Å². The van der Waals surface area contributed by atoms with E-state index >= 15 is 0 Å². The molecule has 2 atom stereocenters. The van der Waals surface area contributed by atoms with Crippen LogP contribution in [-0.2, 0) is 11.8 Å². The lowest BCUT2D eigenvalue weighted by Crippen LogP contribution is -2.47. The van der Waals surface area contributed by atoms with Gasteiger partial charge in [0.2, 0.25) is 0 Å². The zero-order chi connectivity index (χ0) is 15.1. The minimum absolute atomic E-state index is 0.0206. The molecule has 2 aromatic rings. The van der Waals surface area contributed by atoms with Crippen LogP contribution in [0.25, 0.3) is 0 Å². The van der Waals surface area contributed by atoms with E-state index < -0.39 is 0 Å². The fourth-order valence-electron chi connectivity index (χ4n) is 3.19. The SMILES string of the molecule is CCC(N)C(CCO)(Cc1ccccc1)c1ccccc1. The predicted octanol–water partition coefficient (Wildman–Crippen LogP) is 3.29. The van der Waals surface area contributed by atoms with Gasteiger partial charge >= 0.3 is 0 Å². The second-order valence-electron chi connectivity index (χ2n) is 5.67. The molecule has 21 heavy (non-hydrogen) atoms. The fourth-order valence-corrected chi connectivity index (χ4v) is 3.19. The maximum Gasteiger partial charge on any atom is 0.0440 e. The Labute approximate surface area is 127 Å². The van der Waals surface area contributed by atoms with Gasteiger partial charge in [-0.2, -0.15) is 0 Å². The second-order valence-corrected chi connectivity index (χ2v) is 5.67. The molecule has 0 aliphatic heterocycles. The molecule has 0 fully saturated rings. The van der Waals surface area contributed by atoms with Gasteiger partial charge in [-0.3, -0.25) is 0 Å². The Bertz CT molecular complexity index is 526. The summed E-state index contributed by atoms with van der Waals surface area (Å²) in [6.07, 6.45) is 2.43. The molecule has 0 heterocycles. The fraction of sp³-hybridized carbons (Fsp3) is 0.368. The van der Waals surface area contributed by atoms with E-state index in [4.69, 9.17) is 5.73 Å². The Kier molecular flexibility index (Phi) is 5.54. The van der Waals surface area contributed by atoms with Crippen LogP contribution in [-0.4, -0.2) is 17.8 Å². The topological polar surface area (TPSA) is 46.2 Å². The van der Waals surface area contributed by atoms with E-state index in [9.17, 15) is 5.11 Å². The highest BCUT2D eigenvalue weighted by Gasteiger charge is 2.37. The maximum absolute atomic E-state index is 9.63. The molecule has 0 aliphatic rings. The van der Waals surface area contributed by atoms with Gasteiger partial charge in [0.15, 0.2) is 0 Å². The third-order valence-corrected chi connectivity index (χ3v) is 4.42. The van der Waals surface area contributed by atoms with Crippen LogP contribution in [0.1, 0.15) is 30.9 Å². The van der Waals surface area contributed by atoms with Crippen molar-refractivity contribution in [1.29, 1.82) is 0 Å². The van der Waals surface area contributed by atoms with Crippen molar-refractivity contribution < 1.29 is 5.11 Å². The first-order chi connectivity index (χ1) is 10.2. The number of aliphatic hydroxyl groups excluding tert-OH is 1. The van der Waals surface area contributed by atoms with Crippen LogP contribution in [0.3, 0.4) is 0 Å². The summed E-state index contributed by atoms with van der Waals surface area (Å²) in [7, 11) is 0. The van der Waals surface area contributed by atoms with Gasteiger partial charge in [0.1, 0.15) is 0 Å². The summed E-state index contributed by atoms with van der Waals surface area (Å²) >= 11 is 0. The molecule has 3 N–H and O–H groups in total. The van der Waals surface area contributed by atoms with Crippen molar-refractivity contribution in [3.05, 3.63) is 71.8 Å². The van der Waals surface area contributed by atoms with Crippen molar-refractivity contribution >= 4 is 0 Å². The minimum atomic E-state index is -0.216. The highest BCUT2D eigenvalue weighted by atomic mass is 16.3. The summed E-state index contributed by atoms with van der Waals surface area (Å²) in [6.45, 7) is 2.26. The highest BCUT2D eigenvalue weighted by Crippen LogP contribution is 2.36. The number of hydrogen-bond donors (Lipinski definition) is 2.